The van der Waals surface area contributed by atoms with E-state index in [-0.39, 0.29) is 5.91 Å². The summed E-state index contributed by atoms with van der Waals surface area (Å²) in [5.74, 6) is 0.585. The van der Waals surface area contributed by atoms with Crippen molar-refractivity contribution in [2.45, 2.75) is 78.6 Å². The van der Waals surface area contributed by atoms with Crippen molar-refractivity contribution in [3.05, 3.63) is 45.2 Å². The zero-order chi connectivity index (χ0) is 21.2. The molecule has 0 spiro atoms. The van der Waals surface area contributed by atoms with Gasteiger partial charge in [-0.3, -0.25) is 4.79 Å². The molecule has 2 rings (SSSR count). The summed E-state index contributed by atoms with van der Waals surface area (Å²) < 4.78 is 7.22. The van der Waals surface area contributed by atoms with E-state index in [1.807, 2.05) is 13.8 Å². The van der Waals surface area contributed by atoms with Crippen LogP contribution in [-0.2, 0) is 6.42 Å². The summed E-state index contributed by atoms with van der Waals surface area (Å²) in [6.07, 6.45) is 9.56. The zero-order valence-corrected chi connectivity index (χ0v) is 19.3. The molecule has 160 valence electrons. The number of nitrogens with zero attached hydrogens (tertiary/aromatic N) is 2. The number of aromatic nitrogens is 2. The molecule has 29 heavy (non-hydrogen) atoms. The Morgan fingerprint density at radius 3 is 2.52 bits per heavy atom. The van der Waals surface area contributed by atoms with Gasteiger partial charge in [0, 0.05) is 17.1 Å². The first-order valence-corrected chi connectivity index (χ1v) is 11.4. The third-order valence-corrected chi connectivity index (χ3v) is 5.67. The van der Waals surface area contributed by atoms with E-state index in [9.17, 15) is 4.79 Å². The van der Waals surface area contributed by atoms with Gasteiger partial charge in [0.05, 0.1) is 17.3 Å². The molecule has 0 saturated heterocycles. The fraction of sp³-hybridized carbons (Fsp3) is 0.565. The van der Waals surface area contributed by atoms with Gasteiger partial charge in [-0.15, -0.1) is 0 Å². The maximum Gasteiger partial charge on any atom is 0.247 e. The highest BCUT2D eigenvalue weighted by molar-refractivity contribution is 6.35. The van der Waals surface area contributed by atoms with Crippen molar-refractivity contribution in [2.75, 3.05) is 6.61 Å². The minimum absolute atomic E-state index is 0.00518. The van der Waals surface area contributed by atoms with Crippen LogP contribution in [0.2, 0.25) is 10.0 Å². The molecule has 0 bridgehead atoms. The second kappa shape index (κ2) is 12.2. The fourth-order valence-corrected chi connectivity index (χ4v) is 3.93. The maximum absolute atomic E-state index is 12.6. The highest BCUT2D eigenvalue weighted by Gasteiger charge is 2.16. The van der Waals surface area contributed by atoms with Crippen molar-refractivity contribution >= 4 is 29.1 Å². The van der Waals surface area contributed by atoms with Crippen LogP contribution < -0.4 is 4.74 Å². The normalized spacial score (nSPS) is 11.1. The molecule has 6 heteroatoms. The quantitative estimate of drug-likeness (QED) is 0.328. The van der Waals surface area contributed by atoms with Gasteiger partial charge in [0.25, 0.3) is 0 Å². The SMILES string of the molecule is CCCCCCCCc1c(C)nn(C(=O)CCCOc2ccc(Cl)cc2Cl)c1C. The molecule has 1 heterocycles. The van der Waals surface area contributed by atoms with Crippen molar-refractivity contribution in [2.24, 2.45) is 0 Å². The number of rotatable bonds is 12. The van der Waals surface area contributed by atoms with E-state index in [4.69, 9.17) is 27.9 Å². The number of carbonyl (C=O) groups is 1. The minimum atomic E-state index is 0.00518. The molecule has 0 radical (unpaired) electrons. The van der Waals surface area contributed by atoms with Gasteiger partial charge in [-0.1, -0.05) is 62.2 Å². The molecule has 0 N–H and O–H groups in total. The number of benzene rings is 1. The van der Waals surface area contributed by atoms with Crippen molar-refractivity contribution in [1.29, 1.82) is 0 Å². The van der Waals surface area contributed by atoms with Gasteiger partial charge >= 0.3 is 0 Å². The van der Waals surface area contributed by atoms with Gasteiger partial charge in [0.15, 0.2) is 0 Å². The number of unbranched alkanes of at least 4 members (excludes halogenated alkanes) is 5. The first-order valence-electron chi connectivity index (χ1n) is 10.6. The molecular formula is C23H32Cl2N2O2. The third-order valence-electron chi connectivity index (χ3n) is 5.14. The summed E-state index contributed by atoms with van der Waals surface area (Å²) in [6, 6.07) is 5.11. The molecule has 0 amide bonds. The molecule has 0 aliphatic rings. The smallest absolute Gasteiger partial charge is 0.247 e. The third kappa shape index (κ3) is 7.35. The predicted molar refractivity (Wildman–Crippen MR) is 121 cm³/mol. The number of hydrogen-bond acceptors (Lipinski definition) is 3. The van der Waals surface area contributed by atoms with Crippen molar-refractivity contribution in [3.8, 4) is 5.75 Å². The molecule has 1 aromatic carbocycles. The summed E-state index contributed by atoms with van der Waals surface area (Å²) in [7, 11) is 0. The Morgan fingerprint density at radius 1 is 1.07 bits per heavy atom. The van der Waals surface area contributed by atoms with Crippen molar-refractivity contribution < 1.29 is 9.53 Å². The standard InChI is InChI=1S/C23H32Cl2N2O2/c1-4-5-6-7-8-9-11-20-17(2)26-27(18(20)3)23(28)12-10-15-29-22-14-13-19(24)16-21(22)25/h13-14,16H,4-12,15H2,1-3H3. The lowest BCUT2D eigenvalue weighted by atomic mass is 10.0. The van der Waals surface area contributed by atoms with E-state index < -0.39 is 0 Å². The zero-order valence-electron chi connectivity index (χ0n) is 17.8. The molecule has 0 unspecified atom stereocenters. The molecular weight excluding hydrogens is 407 g/mol. The fourth-order valence-electron chi connectivity index (χ4n) is 3.47. The Balaban J connectivity index is 1.79. The number of aryl methyl sites for hydroxylation is 1. The Bertz CT molecular complexity index is 802. The topological polar surface area (TPSA) is 44.1 Å². The highest BCUT2D eigenvalue weighted by atomic mass is 35.5. The monoisotopic (exact) mass is 438 g/mol. The Morgan fingerprint density at radius 2 is 1.79 bits per heavy atom. The summed E-state index contributed by atoms with van der Waals surface area (Å²) in [6.45, 7) is 6.64. The predicted octanol–water partition coefficient (Wildman–Crippen LogP) is 7.21. The first kappa shape index (κ1) is 23.8. The molecule has 0 saturated carbocycles. The molecule has 4 nitrogen and oxygen atoms in total. The average Bonchev–Trinajstić information content (AvgIpc) is 2.97. The molecule has 0 aliphatic carbocycles. The lowest BCUT2D eigenvalue weighted by molar-refractivity contribution is 0.0874. The van der Waals surface area contributed by atoms with Crippen LogP contribution in [0, 0.1) is 13.8 Å². The van der Waals surface area contributed by atoms with Crippen LogP contribution in [0.25, 0.3) is 0 Å². The van der Waals surface area contributed by atoms with E-state index in [1.165, 1.54) is 37.7 Å². The summed E-state index contributed by atoms with van der Waals surface area (Å²) in [4.78, 5) is 12.6. The van der Waals surface area contributed by atoms with Crippen molar-refractivity contribution in [3.63, 3.8) is 0 Å². The van der Waals surface area contributed by atoms with E-state index in [0.29, 0.717) is 35.2 Å². The molecule has 0 fully saturated rings. The Kier molecular flexibility index (Phi) is 10.0. The van der Waals surface area contributed by atoms with Crippen LogP contribution >= 0.6 is 23.2 Å². The van der Waals surface area contributed by atoms with Gasteiger partial charge in [0.1, 0.15) is 5.75 Å². The van der Waals surface area contributed by atoms with Crippen LogP contribution in [0.4, 0.5) is 0 Å². The second-order valence-corrected chi connectivity index (χ2v) is 8.34. The van der Waals surface area contributed by atoms with Gasteiger partial charge in [0.2, 0.25) is 5.91 Å². The summed E-state index contributed by atoms with van der Waals surface area (Å²) in [5.41, 5.74) is 3.16. The van der Waals surface area contributed by atoms with E-state index in [1.54, 1.807) is 22.9 Å². The number of ether oxygens (including phenoxy) is 1. The Labute approximate surface area is 184 Å². The van der Waals surface area contributed by atoms with E-state index >= 15 is 0 Å². The van der Waals surface area contributed by atoms with Gasteiger partial charge in [-0.2, -0.15) is 5.10 Å². The highest BCUT2D eigenvalue weighted by Crippen LogP contribution is 2.27. The number of carbonyl (C=O) groups excluding carboxylic acids is 1. The molecule has 0 atom stereocenters. The molecule has 1 aromatic heterocycles. The number of hydrogen-bond donors (Lipinski definition) is 0. The molecule has 0 aliphatic heterocycles. The van der Waals surface area contributed by atoms with Gasteiger partial charge < -0.3 is 4.74 Å². The number of halogens is 2. The van der Waals surface area contributed by atoms with E-state index in [0.717, 1.165) is 24.2 Å². The second-order valence-electron chi connectivity index (χ2n) is 7.50. The largest absolute Gasteiger partial charge is 0.492 e. The molecule has 2 aromatic rings. The first-order chi connectivity index (χ1) is 13.9. The van der Waals surface area contributed by atoms with E-state index in [2.05, 4.69) is 12.0 Å². The lowest BCUT2D eigenvalue weighted by Crippen LogP contribution is -2.15. The average molecular weight is 439 g/mol. The summed E-state index contributed by atoms with van der Waals surface area (Å²) in [5, 5.41) is 5.53. The van der Waals surface area contributed by atoms with Crippen LogP contribution in [0.5, 0.6) is 5.75 Å². The minimum Gasteiger partial charge on any atom is -0.492 e. The van der Waals surface area contributed by atoms with Gasteiger partial charge in [-0.25, -0.2) is 4.68 Å². The lowest BCUT2D eigenvalue weighted by Gasteiger charge is -2.08. The summed E-state index contributed by atoms with van der Waals surface area (Å²) >= 11 is 12.0. The van der Waals surface area contributed by atoms with Crippen LogP contribution in [0.15, 0.2) is 18.2 Å². The van der Waals surface area contributed by atoms with Crippen LogP contribution in [0.3, 0.4) is 0 Å². The van der Waals surface area contributed by atoms with Crippen LogP contribution in [0.1, 0.15) is 80.0 Å². The Hall–Kier alpha value is -1.52. The van der Waals surface area contributed by atoms with Gasteiger partial charge in [-0.05, 0) is 56.9 Å². The van der Waals surface area contributed by atoms with Crippen LogP contribution in [-0.4, -0.2) is 22.3 Å². The maximum atomic E-state index is 12.6. The van der Waals surface area contributed by atoms with Crippen molar-refractivity contribution in [1.82, 2.24) is 9.78 Å².